The summed E-state index contributed by atoms with van der Waals surface area (Å²) >= 11 is 6.45. The molecule has 1 unspecified atom stereocenters. The number of benzene rings is 2. The Labute approximate surface area is 189 Å². The lowest BCUT2D eigenvalue weighted by molar-refractivity contribution is -0.384. The molecule has 0 aliphatic heterocycles. The number of alkyl halides is 1. The summed E-state index contributed by atoms with van der Waals surface area (Å²) in [5, 5.41) is 20.9. The van der Waals surface area contributed by atoms with Crippen molar-refractivity contribution in [3.05, 3.63) is 94.1 Å². The van der Waals surface area contributed by atoms with Crippen molar-refractivity contribution >= 4 is 38.9 Å². The lowest BCUT2D eigenvalue weighted by atomic mass is 9.99. The number of nitrogens with zero attached hydrogens (tertiary/aromatic N) is 1. The van der Waals surface area contributed by atoms with Gasteiger partial charge in [-0.3, -0.25) is 14.9 Å². The highest BCUT2D eigenvalue weighted by Crippen LogP contribution is 2.53. The number of hydrogen-bond donors (Lipinski definition) is 2. The highest BCUT2D eigenvalue weighted by atomic mass is 35.5. The minimum absolute atomic E-state index is 0.0372. The molecule has 1 saturated carbocycles. The molecule has 3 atom stereocenters. The van der Waals surface area contributed by atoms with Gasteiger partial charge in [-0.25, -0.2) is 8.42 Å². The number of carbonyl (C=O) groups is 1. The average molecular weight is 475 g/mol. The third kappa shape index (κ3) is 3.83. The molecule has 1 fully saturated rings. The fourth-order valence-electron chi connectivity index (χ4n) is 3.88. The van der Waals surface area contributed by atoms with Crippen LogP contribution in [0.15, 0.2) is 72.8 Å². The zero-order valence-electron chi connectivity index (χ0n) is 16.6. The van der Waals surface area contributed by atoms with Gasteiger partial charge in [-0.15, -0.1) is 0 Å². The molecule has 0 radical (unpaired) electrons. The Hall–Kier alpha value is -3.01. The molecule has 2 aromatic carbocycles. The number of non-ortho nitro benzene ring substituents is 1. The first-order valence-corrected chi connectivity index (χ1v) is 11.6. The van der Waals surface area contributed by atoms with Crippen molar-refractivity contribution in [2.24, 2.45) is 0 Å². The number of nitro benzene ring substituents is 1. The SMILES string of the molecule is O=C(O)[C@@]1(NS(=O)(=O)C2(Cl)C=CC(c3ccccc3)=CC2)C[C@H]1c1cccc([N+](=O)[O-])c1. The molecular weight excluding hydrogens is 456 g/mol. The highest BCUT2D eigenvalue weighted by Gasteiger charge is 2.65. The van der Waals surface area contributed by atoms with Crippen LogP contribution in [0.25, 0.3) is 5.57 Å². The van der Waals surface area contributed by atoms with E-state index in [1.54, 1.807) is 18.2 Å². The summed E-state index contributed by atoms with van der Waals surface area (Å²) in [6, 6.07) is 14.9. The zero-order valence-corrected chi connectivity index (χ0v) is 18.2. The molecule has 2 aliphatic rings. The van der Waals surface area contributed by atoms with Gasteiger partial charge in [0, 0.05) is 24.5 Å². The van der Waals surface area contributed by atoms with Crippen LogP contribution < -0.4 is 4.72 Å². The summed E-state index contributed by atoms with van der Waals surface area (Å²) in [5.74, 6) is -2.11. The number of allylic oxidation sites excluding steroid dienone is 3. The average Bonchev–Trinajstić information content (AvgIpc) is 3.50. The lowest BCUT2D eigenvalue weighted by Crippen LogP contribution is -2.51. The van der Waals surface area contributed by atoms with Gasteiger partial charge in [0.05, 0.1) is 4.92 Å². The zero-order chi connectivity index (χ0) is 23.1. The second-order valence-corrected chi connectivity index (χ2v) is 10.7. The van der Waals surface area contributed by atoms with Crippen LogP contribution >= 0.6 is 11.6 Å². The number of aliphatic carboxylic acids is 1. The minimum Gasteiger partial charge on any atom is -0.480 e. The topological polar surface area (TPSA) is 127 Å². The van der Waals surface area contributed by atoms with E-state index in [0.717, 1.165) is 11.1 Å². The molecule has 166 valence electrons. The molecule has 2 aliphatic carbocycles. The van der Waals surface area contributed by atoms with Crippen LogP contribution in [0.5, 0.6) is 0 Å². The Bertz CT molecular complexity index is 1260. The molecule has 2 aromatic rings. The number of nitro groups is 1. The maximum Gasteiger partial charge on any atom is 0.325 e. The fourth-order valence-corrected chi connectivity index (χ4v) is 5.65. The molecule has 8 nitrogen and oxygen atoms in total. The molecule has 0 aromatic heterocycles. The number of carboxylic acids is 1. The van der Waals surface area contributed by atoms with Crippen LogP contribution in [0, 0.1) is 10.1 Å². The van der Waals surface area contributed by atoms with Crippen molar-refractivity contribution < 1.29 is 23.2 Å². The lowest BCUT2D eigenvalue weighted by Gasteiger charge is -2.28. The first-order chi connectivity index (χ1) is 15.1. The van der Waals surface area contributed by atoms with Crippen molar-refractivity contribution in [2.45, 2.75) is 28.5 Å². The van der Waals surface area contributed by atoms with Gasteiger partial charge in [-0.1, -0.05) is 66.2 Å². The van der Waals surface area contributed by atoms with Gasteiger partial charge in [-0.05, 0) is 29.2 Å². The van der Waals surface area contributed by atoms with Gasteiger partial charge in [0.1, 0.15) is 5.54 Å². The van der Waals surface area contributed by atoms with Crippen molar-refractivity contribution in [1.29, 1.82) is 0 Å². The van der Waals surface area contributed by atoms with E-state index in [2.05, 4.69) is 4.72 Å². The van der Waals surface area contributed by atoms with Crippen molar-refractivity contribution in [1.82, 2.24) is 4.72 Å². The second-order valence-electron chi connectivity index (χ2n) is 7.84. The number of sulfonamides is 1. The molecule has 32 heavy (non-hydrogen) atoms. The van der Waals surface area contributed by atoms with E-state index in [1.807, 2.05) is 30.3 Å². The van der Waals surface area contributed by atoms with E-state index in [9.17, 15) is 28.4 Å². The predicted molar refractivity (Wildman–Crippen MR) is 120 cm³/mol. The van der Waals surface area contributed by atoms with Gasteiger partial charge in [0.15, 0.2) is 4.21 Å². The summed E-state index contributed by atoms with van der Waals surface area (Å²) < 4.78 is 26.8. The third-order valence-electron chi connectivity index (χ3n) is 5.81. The van der Waals surface area contributed by atoms with E-state index in [0.29, 0.717) is 5.56 Å². The van der Waals surface area contributed by atoms with Gasteiger partial charge in [0.2, 0.25) is 10.0 Å². The van der Waals surface area contributed by atoms with Crippen molar-refractivity contribution in [3.8, 4) is 0 Å². The van der Waals surface area contributed by atoms with E-state index in [-0.39, 0.29) is 18.5 Å². The Balaban J connectivity index is 1.58. The minimum atomic E-state index is -4.33. The van der Waals surface area contributed by atoms with E-state index in [4.69, 9.17) is 11.6 Å². The van der Waals surface area contributed by atoms with Crippen LogP contribution in [-0.2, 0) is 14.8 Å². The smallest absolute Gasteiger partial charge is 0.325 e. The summed E-state index contributed by atoms with van der Waals surface area (Å²) in [4.78, 5) is 22.5. The molecule has 4 rings (SSSR count). The number of nitrogens with one attached hydrogen (secondary N) is 1. The highest BCUT2D eigenvalue weighted by molar-refractivity contribution is 7.92. The molecule has 2 N–H and O–H groups in total. The molecule has 0 saturated heterocycles. The fraction of sp³-hybridized carbons (Fsp3) is 0.227. The molecule has 0 heterocycles. The Morgan fingerprint density at radius 1 is 1.19 bits per heavy atom. The maximum absolute atomic E-state index is 13.2. The predicted octanol–water partition coefficient (Wildman–Crippen LogP) is 3.80. The Morgan fingerprint density at radius 3 is 2.50 bits per heavy atom. The van der Waals surface area contributed by atoms with E-state index in [1.165, 1.54) is 24.3 Å². The van der Waals surface area contributed by atoms with Crippen LogP contribution in [0.3, 0.4) is 0 Å². The first-order valence-electron chi connectivity index (χ1n) is 9.73. The summed E-state index contributed by atoms with van der Waals surface area (Å²) in [5.41, 5.74) is 0.0823. The van der Waals surface area contributed by atoms with E-state index >= 15 is 0 Å². The molecule has 0 bridgehead atoms. The monoisotopic (exact) mass is 474 g/mol. The van der Waals surface area contributed by atoms with Crippen LogP contribution in [0.1, 0.15) is 29.9 Å². The molecule has 0 spiro atoms. The molecule has 10 heteroatoms. The Morgan fingerprint density at radius 2 is 1.91 bits per heavy atom. The Kier molecular flexibility index (Phi) is 5.44. The normalized spacial score (nSPS) is 26.9. The van der Waals surface area contributed by atoms with Crippen molar-refractivity contribution in [3.63, 3.8) is 0 Å². The van der Waals surface area contributed by atoms with Gasteiger partial charge in [0.25, 0.3) is 5.69 Å². The van der Waals surface area contributed by atoms with Crippen LogP contribution in [-0.4, -0.2) is 34.2 Å². The number of hydrogen-bond acceptors (Lipinski definition) is 5. The quantitative estimate of drug-likeness (QED) is 0.357. The molecular formula is C22H19ClN2O6S. The van der Waals surface area contributed by atoms with Crippen LogP contribution in [0.4, 0.5) is 5.69 Å². The first kappa shape index (κ1) is 22.2. The summed E-state index contributed by atoms with van der Waals surface area (Å²) in [6.07, 6.45) is 4.55. The standard InChI is InChI=1S/C22H19ClN2O6S/c23-21(11-9-16(10-12-21)15-5-2-1-3-6-15)32(30,31)24-22(20(26)27)14-19(22)17-7-4-8-18(13-17)25(28)29/h1-11,13,19,24H,12,14H2,(H,26,27)/t19-,21?,22+/m0/s1. The molecule has 0 amide bonds. The largest absolute Gasteiger partial charge is 0.480 e. The maximum atomic E-state index is 13.2. The number of rotatable bonds is 7. The van der Waals surface area contributed by atoms with Gasteiger partial charge >= 0.3 is 5.97 Å². The summed E-state index contributed by atoms with van der Waals surface area (Å²) in [6.45, 7) is 0. The van der Waals surface area contributed by atoms with Crippen molar-refractivity contribution in [2.75, 3.05) is 0 Å². The third-order valence-corrected chi connectivity index (χ3v) is 8.53. The number of carboxylic acid groups (broad SMARTS) is 1. The second kappa shape index (κ2) is 7.84. The summed E-state index contributed by atoms with van der Waals surface area (Å²) in [7, 11) is -4.33. The van der Waals surface area contributed by atoms with Gasteiger partial charge < -0.3 is 5.11 Å². The van der Waals surface area contributed by atoms with Crippen LogP contribution in [0.2, 0.25) is 0 Å². The van der Waals surface area contributed by atoms with Gasteiger partial charge in [-0.2, -0.15) is 4.72 Å². The number of halogens is 1. The van der Waals surface area contributed by atoms with E-state index < -0.39 is 36.6 Å².